The number of halogens is 2. The zero-order valence-corrected chi connectivity index (χ0v) is 10.9. The monoisotopic (exact) mass is 269 g/mol. The van der Waals surface area contributed by atoms with Crippen LogP contribution in [0, 0.1) is 0 Å². The second-order valence-corrected chi connectivity index (χ2v) is 4.58. The van der Waals surface area contributed by atoms with E-state index in [4.69, 9.17) is 23.2 Å². The quantitative estimate of drug-likeness (QED) is 0.891. The van der Waals surface area contributed by atoms with Crippen LogP contribution < -0.4 is 5.32 Å². The van der Waals surface area contributed by atoms with Gasteiger partial charge in [0.15, 0.2) is 0 Å². The predicted molar refractivity (Wildman–Crippen MR) is 70.3 cm³/mol. The van der Waals surface area contributed by atoms with E-state index in [1.807, 2.05) is 19.1 Å². The van der Waals surface area contributed by atoms with Gasteiger partial charge in [0.25, 0.3) is 0 Å². The molecular weight excluding hydrogens is 257 g/mol. The Labute approximate surface area is 110 Å². The molecule has 3 nitrogen and oxygen atoms in total. The standard InChI is InChI=1S/C12H13Cl2N3/c1-8(12-15-5-6-16-12)17-7-9-3-2-4-10(13)11(9)14/h2-6,8,17H,7H2,1H3,(H,15,16). The highest BCUT2D eigenvalue weighted by Gasteiger charge is 2.09. The lowest BCUT2D eigenvalue weighted by atomic mass is 10.2. The fourth-order valence-corrected chi connectivity index (χ4v) is 1.95. The Hall–Kier alpha value is -1.03. The van der Waals surface area contributed by atoms with Gasteiger partial charge in [-0.25, -0.2) is 4.98 Å². The molecule has 0 aliphatic carbocycles. The second-order valence-electron chi connectivity index (χ2n) is 3.79. The lowest BCUT2D eigenvalue weighted by Gasteiger charge is -2.12. The van der Waals surface area contributed by atoms with Crippen LogP contribution in [0.5, 0.6) is 0 Å². The van der Waals surface area contributed by atoms with E-state index in [0.29, 0.717) is 16.6 Å². The second kappa shape index (κ2) is 5.54. The van der Waals surface area contributed by atoms with E-state index in [1.165, 1.54) is 0 Å². The lowest BCUT2D eigenvalue weighted by molar-refractivity contribution is 0.551. The SMILES string of the molecule is CC(NCc1cccc(Cl)c1Cl)c1ncc[nH]1. The zero-order chi connectivity index (χ0) is 12.3. The molecule has 0 saturated heterocycles. The third kappa shape index (κ3) is 3.00. The first-order valence-corrected chi connectivity index (χ1v) is 6.09. The molecule has 0 radical (unpaired) electrons. The molecule has 2 N–H and O–H groups in total. The van der Waals surface area contributed by atoms with Gasteiger partial charge in [0.2, 0.25) is 0 Å². The molecule has 1 aromatic heterocycles. The van der Waals surface area contributed by atoms with Crippen molar-refractivity contribution in [2.75, 3.05) is 0 Å². The summed E-state index contributed by atoms with van der Waals surface area (Å²) in [6, 6.07) is 5.77. The van der Waals surface area contributed by atoms with Gasteiger partial charge < -0.3 is 10.3 Å². The maximum absolute atomic E-state index is 6.11. The van der Waals surface area contributed by atoms with Gasteiger partial charge in [0.1, 0.15) is 5.82 Å². The number of imidazole rings is 1. The first kappa shape index (κ1) is 12.4. The van der Waals surface area contributed by atoms with Crippen molar-refractivity contribution in [2.45, 2.75) is 19.5 Å². The van der Waals surface area contributed by atoms with E-state index in [-0.39, 0.29) is 6.04 Å². The number of aromatic nitrogens is 2. The number of H-pyrrole nitrogens is 1. The van der Waals surface area contributed by atoms with Gasteiger partial charge in [0, 0.05) is 18.9 Å². The van der Waals surface area contributed by atoms with Crippen molar-refractivity contribution >= 4 is 23.2 Å². The highest BCUT2D eigenvalue weighted by molar-refractivity contribution is 6.42. The predicted octanol–water partition coefficient (Wildman–Crippen LogP) is 3.57. The maximum Gasteiger partial charge on any atom is 0.122 e. The molecule has 17 heavy (non-hydrogen) atoms. The van der Waals surface area contributed by atoms with Crippen LogP contribution >= 0.6 is 23.2 Å². The molecular formula is C12H13Cl2N3. The topological polar surface area (TPSA) is 40.7 Å². The number of benzene rings is 1. The van der Waals surface area contributed by atoms with Gasteiger partial charge in [-0.2, -0.15) is 0 Å². The van der Waals surface area contributed by atoms with Crippen LogP contribution in [0.1, 0.15) is 24.4 Å². The Morgan fingerprint density at radius 3 is 2.94 bits per heavy atom. The van der Waals surface area contributed by atoms with Crippen LogP contribution in [-0.2, 0) is 6.54 Å². The van der Waals surface area contributed by atoms with Crippen LogP contribution in [0.3, 0.4) is 0 Å². The number of aromatic amines is 1. The van der Waals surface area contributed by atoms with Gasteiger partial charge in [-0.1, -0.05) is 35.3 Å². The largest absolute Gasteiger partial charge is 0.347 e. The molecule has 0 fully saturated rings. The molecule has 90 valence electrons. The first-order chi connectivity index (χ1) is 8.18. The highest BCUT2D eigenvalue weighted by atomic mass is 35.5. The van der Waals surface area contributed by atoms with Crippen LogP contribution in [0.15, 0.2) is 30.6 Å². The molecule has 5 heteroatoms. The van der Waals surface area contributed by atoms with Crippen molar-refractivity contribution in [2.24, 2.45) is 0 Å². The summed E-state index contributed by atoms with van der Waals surface area (Å²) in [6.45, 7) is 2.69. The molecule has 2 rings (SSSR count). The highest BCUT2D eigenvalue weighted by Crippen LogP contribution is 2.25. The van der Waals surface area contributed by atoms with Gasteiger partial charge in [-0.05, 0) is 18.6 Å². The van der Waals surface area contributed by atoms with Crippen LogP contribution in [-0.4, -0.2) is 9.97 Å². The minimum absolute atomic E-state index is 0.139. The van der Waals surface area contributed by atoms with E-state index in [1.54, 1.807) is 18.5 Å². The average Bonchev–Trinajstić information content (AvgIpc) is 2.84. The van der Waals surface area contributed by atoms with Gasteiger partial charge in [0.05, 0.1) is 16.1 Å². The van der Waals surface area contributed by atoms with E-state index in [9.17, 15) is 0 Å². The molecule has 1 aromatic carbocycles. The summed E-state index contributed by atoms with van der Waals surface area (Å²) in [5, 5.41) is 4.52. The fraction of sp³-hybridized carbons (Fsp3) is 0.250. The molecule has 0 saturated carbocycles. The molecule has 1 heterocycles. The van der Waals surface area contributed by atoms with Crippen molar-refractivity contribution in [3.8, 4) is 0 Å². The molecule has 2 aromatic rings. The Morgan fingerprint density at radius 1 is 1.41 bits per heavy atom. The molecule has 1 atom stereocenters. The van der Waals surface area contributed by atoms with Crippen LogP contribution in [0.4, 0.5) is 0 Å². The normalized spacial score (nSPS) is 12.6. The van der Waals surface area contributed by atoms with Gasteiger partial charge >= 0.3 is 0 Å². The summed E-state index contributed by atoms with van der Waals surface area (Å²) in [5.41, 5.74) is 0.984. The lowest BCUT2D eigenvalue weighted by Crippen LogP contribution is -2.19. The summed E-state index contributed by atoms with van der Waals surface area (Å²) in [5.74, 6) is 0.906. The van der Waals surface area contributed by atoms with Crippen molar-refractivity contribution in [1.29, 1.82) is 0 Å². The Kier molecular flexibility index (Phi) is 4.05. The summed E-state index contributed by atoms with van der Waals surface area (Å²) in [7, 11) is 0. The molecule has 0 amide bonds. The minimum atomic E-state index is 0.139. The maximum atomic E-state index is 6.11. The van der Waals surface area contributed by atoms with Crippen molar-refractivity contribution in [3.63, 3.8) is 0 Å². The minimum Gasteiger partial charge on any atom is -0.347 e. The number of nitrogens with zero attached hydrogens (tertiary/aromatic N) is 1. The van der Waals surface area contributed by atoms with Gasteiger partial charge in [-0.15, -0.1) is 0 Å². The van der Waals surface area contributed by atoms with E-state index < -0.39 is 0 Å². The Morgan fingerprint density at radius 2 is 2.24 bits per heavy atom. The smallest absolute Gasteiger partial charge is 0.122 e. The number of hydrogen-bond acceptors (Lipinski definition) is 2. The third-order valence-electron chi connectivity index (χ3n) is 2.56. The molecule has 0 spiro atoms. The summed E-state index contributed by atoms with van der Waals surface area (Å²) in [6.07, 6.45) is 3.54. The molecule has 0 bridgehead atoms. The summed E-state index contributed by atoms with van der Waals surface area (Å²) in [4.78, 5) is 7.26. The van der Waals surface area contributed by atoms with Crippen LogP contribution in [0.25, 0.3) is 0 Å². The Bertz CT molecular complexity index is 483. The third-order valence-corrected chi connectivity index (χ3v) is 3.42. The van der Waals surface area contributed by atoms with E-state index >= 15 is 0 Å². The van der Waals surface area contributed by atoms with Crippen LogP contribution in [0.2, 0.25) is 10.0 Å². The zero-order valence-electron chi connectivity index (χ0n) is 9.37. The van der Waals surface area contributed by atoms with Crippen molar-refractivity contribution < 1.29 is 0 Å². The fourth-order valence-electron chi connectivity index (χ4n) is 1.56. The van der Waals surface area contributed by atoms with E-state index in [2.05, 4.69) is 15.3 Å². The van der Waals surface area contributed by atoms with Crippen molar-refractivity contribution in [3.05, 3.63) is 52.0 Å². The van der Waals surface area contributed by atoms with Crippen molar-refractivity contribution in [1.82, 2.24) is 15.3 Å². The summed E-state index contributed by atoms with van der Waals surface area (Å²) < 4.78 is 0. The Balaban J connectivity index is 2.00. The molecule has 1 unspecified atom stereocenters. The number of nitrogens with one attached hydrogen (secondary N) is 2. The van der Waals surface area contributed by atoms with Gasteiger partial charge in [-0.3, -0.25) is 0 Å². The van der Waals surface area contributed by atoms with E-state index in [0.717, 1.165) is 11.4 Å². The first-order valence-electron chi connectivity index (χ1n) is 5.34. The number of rotatable bonds is 4. The molecule has 0 aliphatic heterocycles. The average molecular weight is 270 g/mol. The number of hydrogen-bond donors (Lipinski definition) is 2. The summed E-state index contributed by atoms with van der Waals surface area (Å²) >= 11 is 12.1. The molecule has 0 aliphatic rings.